The molecular weight excluding hydrogens is 318 g/mol. The molecule has 0 radical (unpaired) electrons. The summed E-state index contributed by atoms with van der Waals surface area (Å²) in [5, 5.41) is 8.80. The maximum atomic E-state index is 12.5. The third-order valence-corrected chi connectivity index (χ3v) is 3.77. The summed E-state index contributed by atoms with van der Waals surface area (Å²) in [6.45, 7) is 0.687. The van der Waals surface area contributed by atoms with Crippen LogP contribution in [-0.2, 0) is 16.1 Å². The zero-order valence-electron chi connectivity index (χ0n) is 14.2. The molecule has 0 atom stereocenters. The number of amides is 2. The molecule has 25 heavy (non-hydrogen) atoms. The monoisotopic (exact) mass is 339 g/mol. The minimum Gasteiger partial charge on any atom is -0.467 e. The molecule has 0 unspecified atom stereocenters. The molecule has 0 aliphatic rings. The van der Waals surface area contributed by atoms with Crippen LogP contribution in [0.25, 0.3) is 0 Å². The first-order chi connectivity index (χ1) is 12.1. The van der Waals surface area contributed by atoms with Gasteiger partial charge in [0.1, 0.15) is 5.76 Å². The molecule has 2 amide bonds. The Kier molecular flexibility index (Phi) is 6.78. The number of para-hydroxylation sites is 1. The van der Waals surface area contributed by atoms with Gasteiger partial charge < -0.3 is 14.2 Å². The van der Waals surface area contributed by atoms with Crippen molar-refractivity contribution in [1.82, 2.24) is 4.90 Å². The molecule has 1 heterocycles. The van der Waals surface area contributed by atoms with Crippen molar-refractivity contribution in [1.29, 1.82) is 5.26 Å². The van der Waals surface area contributed by atoms with E-state index in [1.807, 2.05) is 30.3 Å². The molecule has 0 bridgehead atoms. The Morgan fingerprint density at radius 3 is 2.44 bits per heavy atom. The highest BCUT2D eigenvalue weighted by atomic mass is 16.3. The van der Waals surface area contributed by atoms with E-state index >= 15 is 0 Å². The van der Waals surface area contributed by atoms with Crippen molar-refractivity contribution >= 4 is 17.5 Å². The second kappa shape index (κ2) is 9.28. The van der Waals surface area contributed by atoms with Crippen LogP contribution < -0.4 is 4.90 Å². The van der Waals surface area contributed by atoms with Gasteiger partial charge in [-0.25, -0.2) is 0 Å². The summed E-state index contributed by atoms with van der Waals surface area (Å²) in [4.78, 5) is 27.8. The fraction of sp³-hybridized carbons (Fsp3) is 0.316. The van der Waals surface area contributed by atoms with Gasteiger partial charge in [0.2, 0.25) is 11.8 Å². The zero-order chi connectivity index (χ0) is 18.1. The lowest BCUT2D eigenvalue weighted by Gasteiger charge is -2.22. The van der Waals surface area contributed by atoms with E-state index in [0.29, 0.717) is 18.8 Å². The van der Waals surface area contributed by atoms with Gasteiger partial charge in [-0.3, -0.25) is 9.59 Å². The first kappa shape index (κ1) is 18.3. The molecule has 2 aromatic rings. The number of nitriles is 1. The number of hydrogen-bond acceptors (Lipinski definition) is 4. The van der Waals surface area contributed by atoms with Crippen LogP contribution in [0.1, 0.15) is 25.0 Å². The van der Waals surface area contributed by atoms with Gasteiger partial charge >= 0.3 is 0 Å². The van der Waals surface area contributed by atoms with E-state index in [4.69, 9.17) is 9.68 Å². The van der Waals surface area contributed by atoms with Gasteiger partial charge in [-0.2, -0.15) is 5.26 Å². The zero-order valence-corrected chi connectivity index (χ0v) is 14.2. The van der Waals surface area contributed by atoms with Gasteiger partial charge in [0, 0.05) is 32.1 Å². The molecule has 2 rings (SSSR count). The first-order valence-corrected chi connectivity index (χ1v) is 8.10. The van der Waals surface area contributed by atoms with Crippen LogP contribution in [0.3, 0.4) is 0 Å². The number of benzene rings is 1. The van der Waals surface area contributed by atoms with Crippen LogP contribution >= 0.6 is 0 Å². The van der Waals surface area contributed by atoms with Crippen molar-refractivity contribution in [2.45, 2.75) is 25.8 Å². The van der Waals surface area contributed by atoms with Gasteiger partial charge in [0.25, 0.3) is 0 Å². The van der Waals surface area contributed by atoms with Crippen LogP contribution in [0, 0.1) is 11.3 Å². The van der Waals surface area contributed by atoms with Crippen molar-refractivity contribution in [3.05, 3.63) is 54.5 Å². The number of rotatable bonds is 8. The van der Waals surface area contributed by atoms with E-state index in [1.165, 1.54) is 4.90 Å². The lowest BCUT2D eigenvalue weighted by molar-refractivity contribution is -0.132. The molecule has 1 aromatic carbocycles. The molecule has 0 saturated heterocycles. The van der Waals surface area contributed by atoms with E-state index in [1.54, 1.807) is 30.3 Å². The Hall–Kier alpha value is -3.07. The molecular formula is C19H21N3O3. The maximum Gasteiger partial charge on any atom is 0.227 e. The Labute approximate surface area is 147 Å². The fourth-order valence-corrected chi connectivity index (χ4v) is 2.43. The lowest BCUT2D eigenvalue weighted by Crippen LogP contribution is -2.33. The van der Waals surface area contributed by atoms with Gasteiger partial charge in [0.15, 0.2) is 0 Å². The highest BCUT2D eigenvalue weighted by Gasteiger charge is 2.18. The smallest absolute Gasteiger partial charge is 0.227 e. The summed E-state index contributed by atoms with van der Waals surface area (Å²) < 4.78 is 5.22. The van der Waals surface area contributed by atoms with Crippen molar-refractivity contribution in [2.24, 2.45) is 0 Å². The number of carbonyl (C=O) groups excluding carboxylic acids is 2. The summed E-state index contributed by atoms with van der Waals surface area (Å²) in [5.74, 6) is 0.404. The van der Waals surface area contributed by atoms with E-state index in [-0.39, 0.29) is 31.1 Å². The van der Waals surface area contributed by atoms with Crippen LogP contribution in [0.4, 0.5) is 5.69 Å². The molecule has 6 heteroatoms. The van der Waals surface area contributed by atoms with Crippen LogP contribution in [0.5, 0.6) is 0 Å². The van der Waals surface area contributed by atoms with Crippen molar-refractivity contribution in [2.75, 3.05) is 18.5 Å². The Bertz CT molecular complexity index is 720. The molecule has 0 aliphatic carbocycles. The van der Waals surface area contributed by atoms with E-state index in [0.717, 1.165) is 5.69 Å². The molecule has 0 aliphatic heterocycles. The van der Waals surface area contributed by atoms with Crippen molar-refractivity contribution in [3.63, 3.8) is 0 Å². The molecule has 0 fully saturated rings. The van der Waals surface area contributed by atoms with Gasteiger partial charge in [0.05, 0.1) is 25.3 Å². The lowest BCUT2D eigenvalue weighted by atomic mass is 10.2. The third-order valence-electron chi connectivity index (χ3n) is 3.77. The highest BCUT2D eigenvalue weighted by molar-refractivity contribution is 5.95. The quantitative estimate of drug-likeness (QED) is 0.741. The number of carbonyl (C=O) groups is 2. The Morgan fingerprint density at radius 2 is 1.80 bits per heavy atom. The number of furan rings is 1. The summed E-state index contributed by atoms with van der Waals surface area (Å²) >= 11 is 0. The topological polar surface area (TPSA) is 77.6 Å². The summed E-state index contributed by atoms with van der Waals surface area (Å²) in [6.07, 6.45) is 2.02. The van der Waals surface area contributed by atoms with Crippen LogP contribution in [-0.4, -0.2) is 30.3 Å². The largest absolute Gasteiger partial charge is 0.467 e. The Balaban J connectivity index is 1.91. The fourth-order valence-electron chi connectivity index (χ4n) is 2.43. The third kappa shape index (κ3) is 5.50. The first-order valence-electron chi connectivity index (χ1n) is 8.10. The average molecular weight is 339 g/mol. The van der Waals surface area contributed by atoms with Crippen molar-refractivity contribution < 1.29 is 14.0 Å². The predicted molar refractivity (Wildman–Crippen MR) is 93.4 cm³/mol. The predicted octanol–water partition coefficient (Wildman–Crippen LogP) is 2.97. The normalized spacial score (nSPS) is 10.1. The molecule has 6 nitrogen and oxygen atoms in total. The molecule has 130 valence electrons. The Morgan fingerprint density at radius 1 is 1.08 bits per heavy atom. The molecule has 0 saturated carbocycles. The van der Waals surface area contributed by atoms with Gasteiger partial charge in [-0.15, -0.1) is 0 Å². The maximum absolute atomic E-state index is 12.5. The van der Waals surface area contributed by atoms with Crippen molar-refractivity contribution in [3.8, 4) is 6.07 Å². The van der Waals surface area contributed by atoms with E-state index in [9.17, 15) is 9.59 Å². The standard InChI is InChI=1S/C19H21N3O3/c1-21(15-17-9-5-14-25-17)18(23)10-11-19(24)22(13-6-12-20)16-7-3-2-4-8-16/h2-5,7-9,14H,6,10-11,13,15H2,1H3. The number of hydrogen-bond donors (Lipinski definition) is 0. The summed E-state index contributed by atoms with van der Waals surface area (Å²) in [6, 6.07) is 14.8. The highest BCUT2D eigenvalue weighted by Crippen LogP contribution is 2.16. The molecule has 1 aromatic heterocycles. The summed E-state index contributed by atoms with van der Waals surface area (Å²) in [5.41, 5.74) is 0.735. The average Bonchev–Trinajstić information content (AvgIpc) is 3.13. The van der Waals surface area contributed by atoms with E-state index in [2.05, 4.69) is 6.07 Å². The second-order valence-corrected chi connectivity index (χ2v) is 5.62. The number of anilines is 1. The number of nitrogens with zero attached hydrogens (tertiary/aromatic N) is 3. The second-order valence-electron chi connectivity index (χ2n) is 5.62. The van der Waals surface area contributed by atoms with Crippen LogP contribution in [0.15, 0.2) is 53.1 Å². The van der Waals surface area contributed by atoms with Crippen LogP contribution in [0.2, 0.25) is 0 Å². The van der Waals surface area contributed by atoms with Gasteiger partial charge in [-0.05, 0) is 24.3 Å². The summed E-state index contributed by atoms with van der Waals surface area (Å²) in [7, 11) is 1.68. The minimum absolute atomic E-state index is 0.0989. The molecule has 0 spiro atoms. The minimum atomic E-state index is -0.166. The SMILES string of the molecule is CN(Cc1ccco1)C(=O)CCC(=O)N(CCC#N)c1ccccc1. The van der Waals surface area contributed by atoms with E-state index < -0.39 is 0 Å². The van der Waals surface area contributed by atoms with Gasteiger partial charge in [-0.1, -0.05) is 18.2 Å². The molecule has 0 N–H and O–H groups in total.